The lowest BCUT2D eigenvalue weighted by Gasteiger charge is -2.18. The van der Waals surface area contributed by atoms with Crippen molar-refractivity contribution in [3.05, 3.63) is 40.4 Å². The van der Waals surface area contributed by atoms with Gasteiger partial charge in [-0.25, -0.2) is 0 Å². The van der Waals surface area contributed by atoms with Gasteiger partial charge in [0, 0.05) is 31.3 Å². The first-order valence-corrected chi connectivity index (χ1v) is 6.68. The van der Waals surface area contributed by atoms with E-state index in [-0.39, 0.29) is 19.1 Å². The summed E-state index contributed by atoms with van der Waals surface area (Å²) in [5.74, 6) is -0.157. The summed E-state index contributed by atoms with van der Waals surface area (Å²) in [6, 6.07) is 7.66. The number of hydrogen-bond donors (Lipinski definition) is 1. The lowest BCUT2D eigenvalue weighted by Crippen LogP contribution is -2.35. The van der Waals surface area contributed by atoms with Gasteiger partial charge in [0.05, 0.1) is 12.7 Å². The van der Waals surface area contributed by atoms with Crippen molar-refractivity contribution in [2.45, 2.75) is 6.10 Å². The van der Waals surface area contributed by atoms with E-state index in [1.807, 2.05) is 24.3 Å². The zero-order valence-corrected chi connectivity index (χ0v) is 12.6. The van der Waals surface area contributed by atoms with Crippen molar-refractivity contribution < 1.29 is 14.6 Å². The fourth-order valence-electron chi connectivity index (χ4n) is 1.56. The van der Waals surface area contributed by atoms with Crippen molar-refractivity contribution in [2.75, 3.05) is 27.3 Å². The maximum absolute atomic E-state index is 11.8. The highest BCUT2D eigenvalue weighted by Gasteiger charge is 2.10. The molecule has 0 aliphatic carbocycles. The second kappa shape index (κ2) is 8.09. The summed E-state index contributed by atoms with van der Waals surface area (Å²) in [5.41, 5.74) is 0.938. The first-order valence-electron chi connectivity index (χ1n) is 5.88. The smallest absolute Gasteiger partial charge is 0.246 e. The average molecular weight is 328 g/mol. The van der Waals surface area contributed by atoms with Gasteiger partial charge >= 0.3 is 0 Å². The number of carbonyl (C=O) groups is 1. The van der Waals surface area contributed by atoms with Crippen molar-refractivity contribution in [2.24, 2.45) is 0 Å². The Bertz CT molecular complexity index is 448. The minimum Gasteiger partial charge on any atom is -0.389 e. The van der Waals surface area contributed by atoms with E-state index < -0.39 is 6.10 Å². The van der Waals surface area contributed by atoms with Crippen LogP contribution in [0.25, 0.3) is 6.08 Å². The van der Waals surface area contributed by atoms with Crippen molar-refractivity contribution in [1.29, 1.82) is 0 Å². The molecular weight excluding hydrogens is 310 g/mol. The number of aliphatic hydroxyl groups is 1. The van der Waals surface area contributed by atoms with Crippen molar-refractivity contribution >= 4 is 27.9 Å². The number of rotatable bonds is 6. The summed E-state index contributed by atoms with van der Waals surface area (Å²) in [5, 5.41) is 9.54. The van der Waals surface area contributed by atoms with Gasteiger partial charge in [-0.1, -0.05) is 28.1 Å². The third-order valence-corrected chi connectivity index (χ3v) is 2.98. The number of halogens is 1. The molecule has 0 aliphatic heterocycles. The highest BCUT2D eigenvalue weighted by molar-refractivity contribution is 9.10. The quantitative estimate of drug-likeness (QED) is 0.812. The van der Waals surface area contributed by atoms with Crippen LogP contribution in [0.4, 0.5) is 0 Å². The number of carbonyl (C=O) groups excluding carboxylic acids is 1. The summed E-state index contributed by atoms with van der Waals surface area (Å²) in [7, 11) is 3.16. The van der Waals surface area contributed by atoms with Crippen LogP contribution < -0.4 is 0 Å². The molecule has 1 aromatic carbocycles. The molecule has 1 amide bonds. The Balaban J connectivity index is 2.54. The third kappa shape index (κ3) is 6.00. The largest absolute Gasteiger partial charge is 0.389 e. The predicted octanol–water partition coefficient (Wildman–Crippen LogP) is 1.93. The first-order chi connectivity index (χ1) is 9.02. The van der Waals surface area contributed by atoms with Gasteiger partial charge in [-0.2, -0.15) is 0 Å². The minimum atomic E-state index is -0.668. The van der Waals surface area contributed by atoms with E-state index in [1.54, 1.807) is 13.1 Å². The van der Waals surface area contributed by atoms with Gasteiger partial charge in [0.2, 0.25) is 5.91 Å². The van der Waals surface area contributed by atoms with E-state index in [4.69, 9.17) is 4.74 Å². The number of amides is 1. The number of aliphatic hydroxyl groups excluding tert-OH is 1. The highest BCUT2D eigenvalue weighted by atomic mass is 79.9. The maximum Gasteiger partial charge on any atom is 0.246 e. The molecule has 19 heavy (non-hydrogen) atoms. The highest BCUT2D eigenvalue weighted by Crippen LogP contribution is 2.12. The molecule has 0 spiro atoms. The zero-order valence-electron chi connectivity index (χ0n) is 11.0. The summed E-state index contributed by atoms with van der Waals surface area (Å²) < 4.78 is 5.78. The maximum atomic E-state index is 11.8. The van der Waals surface area contributed by atoms with E-state index >= 15 is 0 Å². The number of ether oxygens (including phenoxy) is 1. The molecule has 0 fully saturated rings. The van der Waals surface area contributed by atoms with E-state index in [1.165, 1.54) is 18.1 Å². The minimum absolute atomic E-state index is 0.157. The van der Waals surface area contributed by atoms with E-state index in [9.17, 15) is 9.90 Å². The summed E-state index contributed by atoms with van der Waals surface area (Å²) in [4.78, 5) is 13.3. The van der Waals surface area contributed by atoms with Crippen LogP contribution in [0.1, 0.15) is 5.56 Å². The van der Waals surface area contributed by atoms with Crippen molar-refractivity contribution in [3.63, 3.8) is 0 Å². The fourth-order valence-corrected chi connectivity index (χ4v) is 1.97. The number of benzene rings is 1. The van der Waals surface area contributed by atoms with Gasteiger partial charge in [-0.15, -0.1) is 0 Å². The van der Waals surface area contributed by atoms with Gasteiger partial charge in [0.1, 0.15) is 0 Å². The lowest BCUT2D eigenvalue weighted by atomic mass is 10.2. The van der Waals surface area contributed by atoms with Crippen LogP contribution in [-0.4, -0.2) is 49.3 Å². The van der Waals surface area contributed by atoms with Crippen LogP contribution in [0.15, 0.2) is 34.8 Å². The van der Waals surface area contributed by atoms with Gasteiger partial charge in [0.25, 0.3) is 0 Å². The standard InChI is InChI=1S/C14H18BrNO3/c1-16(9-13(17)10-19-2)14(18)7-6-11-4-3-5-12(15)8-11/h3-8,13,17H,9-10H2,1-2H3/b7-6+. The molecule has 0 heterocycles. The molecule has 104 valence electrons. The lowest BCUT2D eigenvalue weighted by molar-refractivity contribution is -0.126. The van der Waals surface area contributed by atoms with Crippen LogP contribution >= 0.6 is 15.9 Å². The Morgan fingerprint density at radius 3 is 2.95 bits per heavy atom. The SMILES string of the molecule is COCC(O)CN(C)C(=O)/C=C/c1cccc(Br)c1. The molecule has 0 radical (unpaired) electrons. The molecular formula is C14H18BrNO3. The van der Waals surface area contributed by atoms with Crippen molar-refractivity contribution in [1.82, 2.24) is 4.90 Å². The molecule has 0 saturated carbocycles. The molecule has 5 heteroatoms. The second-order valence-electron chi connectivity index (χ2n) is 4.22. The Hall–Kier alpha value is -1.17. The fraction of sp³-hybridized carbons (Fsp3) is 0.357. The first kappa shape index (κ1) is 15.9. The Labute approximate surface area is 121 Å². The van der Waals surface area contributed by atoms with Crippen LogP contribution in [0, 0.1) is 0 Å². The molecule has 1 N–H and O–H groups in total. The number of likely N-dealkylation sites (N-methyl/N-ethyl adjacent to an activating group) is 1. The van der Waals surface area contributed by atoms with Crippen LogP contribution in [-0.2, 0) is 9.53 Å². The van der Waals surface area contributed by atoms with Crippen LogP contribution in [0.3, 0.4) is 0 Å². The normalized spacial score (nSPS) is 12.6. The molecule has 1 atom stereocenters. The molecule has 0 saturated heterocycles. The Morgan fingerprint density at radius 2 is 2.32 bits per heavy atom. The summed E-state index contributed by atoms with van der Waals surface area (Å²) in [6.07, 6.45) is 2.56. The predicted molar refractivity (Wildman–Crippen MR) is 78.7 cm³/mol. The van der Waals surface area contributed by atoms with E-state index in [0.717, 1.165) is 10.0 Å². The van der Waals surface area contributed by atoms with Gasteiger partial charge in [-0.05, 0) is 23.8 Å². The summed E-state index contributed by atoms with van der Waals surface area (Å²) >= 11 is 3.37. The summed E-state index contributed by atoms with van der Waals surface area (Å²) in [6.45, 7) is 0.461. The number of nitrogens with zero attached hydrogens (tertiary/aromatic N) is 1. The molecule has 1 aromatic rings. The zero-order chi connectivity index (χ0) is 14.3. The van der Waals surface area contributed by atoms with Crippen LogP contribution in [0.2, 0.25) is 0 Å². The van der Waals surface area contributed by atoms with Gasteiger partial charge < -0.3 is 14.7 Å². The van der Waals surface area contributed by atoms with Crippen molar-refractivity contribution in [3.8, 4) is 0 Å². The molecule has 0 bridgehead atoms. The molecule has 0 aliphatic rings. The number of methoxy groups -OCH3 is 1. The Morgan fingerprint density at radius 1 is 1.58 bits per heavy atom. The molecule has 1 unspecified atom stereocenters. The number of hydrogen-bond acceptors (Lipinski definition) is 3. The topological polar surface area (TPSA) is 49.8 Å². The van der Waals surface area contributed by atoms with E-state index in [0.29, 0.717) is 0 Å². The van der Waals surface area contributed by atoms with Crippen LogP contribution in [0.5, 0.6) is 0 Å². The molecule has 0 aromatic heterocycles. The Kier molecular flexibility index (Phi) is 6.77. The molecule has 1 rings (SSSR count). The van der Waals surface area contributed by atoms with Gasteiger partial charge in [-0.3, -0.25) is 4.79 Å². The third-order valence-electron chi connectivity index (χ3n) is 2.49. The average Bonchev–Trinajstić information content (AvgIpc) is 2.36. The van der Waals surface area contributed by atoms with E-state index in [2.05, 4.69) is 15.9 Å². The van der Waals surface area contributed by atoms with Gasteiger partial charge in [0.15, 0.2) is 0 Å². The second-order valence-corrected chi connectivity index (χ2v) is 5.13. The monoisotopic (exact) mass is 327 g/mol. The molecule has 4 nitrogen and oxygen atoms in total.